The molecule has 0 aromatic heterocycles. The number of nitrogens with zero attached hydrogens (tertiary/aromatic N) is 1. The molecule has 19 heteroatoms. The molecule has 0 aliphatic carbocycles. The van der Waals surface area contributed by atoms with E-state index < -0.39 is 116 Å². The number of ether oxygens (including phenoxy) is 10. The summed E-state index contributed by atoms with van der Waals surface area (Å²) in [7, 11) is 1.16. The van der Waals surface area contributed by atoms with Crippen molar-refractivity contribution in [2.24, 2.45) is 0 Å². The minimum Gasteiger partial charge on any atom is -0.467 e. The summed E-state index contributed by atoms with van der Waals surface area (Å²) < 4.78 is 60.9. The smallest absolute Gasteiger partial charge is 0.334 e. The van der Waals surface area contributed by atoms with Crippen LogP contribution in [0, 0.1) is 0 Å². The van der Waals surface area contributed by atoms with Gasteiger partial charge < -0.3 is 52.7 Å². The average molecular weight is 905 g/mol. The first-order chi connectivity index (χ1) is 31.2. The summed E-state index contributed by atoms with van der Waals surface area (Å²) in [5, 5.41) is 2.82. The Balaban J connectivity index is 1.50. The van der Waals surface area contributed by atoms with Gasteiger partial charge in [0.1, 0.15) is 43.1 Å². The number of rotatable bonds is 18. The molecule has 0 bridgehead atoms. The molecule has 1 N–H and O–H groups in total. The highest BCUT2D eigenvalue weighted by atomic mass is 16.7. The maximum absolute atomic E-state index is 14.4. The number of esters is 4. The molecule has 3 aliphatic rings. The molecule has 2 fully saturated rings. The largest absolute Gasteiger partial charge is 0.467 e. The Morgan fingerprint density at radius 2 is 1.20 bits per heavy atom. The predicted molar refractivity (Wildman–Crippen MR) is 222 cm³/mol. The van der Waals surface area contributed by atoms with Gasteiger partial charge in [0.25, 0.3) is 11.8 Å². The van der Waals surface area contributed by atoms with Crippen LogP contribution in [0.4, 0.5) is 0 Å². The monoisotopic (exact) mass is 904 g/mol. The quantitative estimate of drug-likeness (QED) is 0.110. The second-order valence-electron chi connectivity index (χ2n) is 15.4. The number of amides is 3. The minimum atomic E-state index is -1.85. The highest BCUT2D eigenvalue weighted by Gasteiger charge is 2.60. The number of fused-ring (bicyclic) bond motifs is 1. The molecular formula is C46H52N2O17. The molecule has 3 amide bonds. The van der Waals surface area contributed by atoms with Crippen molar-refractivity contribution in [1.29, 1.82) is 0 Å². The van der Waals surface area contributed by atoms with Gasteiger partial charge in [-0.05, 0) is 30.2 Å². The van der Waals surface area contributed by atoms with Crippen molar-refractivity contribution in [3.63, 3.8) is 0 Å². The molecule has 19 nitrogen and oxygen atoms in total. The van der Waals surface area contributed by atoms with E-state index in [4.69, 9.17) is 47.4 Å². The number of hydrogen-bond donors (Lipinski definition) is 1. The van der Waals surface area contributed by atoms with E-state index in [-0.39, 0.29) is 30.9 Å². The van der Waals surface area contributed by atoms with Gasteiger partial charge in [-0.25, -0.2) is 4.79 Å². The lowest BCUT2D eigenvalue weighted by atomic mass is 9.93. The first kappa shape index (κ1) is 48.4. The molecule has 0 radical (unpaired) electrons. The first-order valence-corrected chi connectivity index (χ1v) is 20.9. The molecule has 3 aromatic carbocycles. The van der Waals surface area contributed by atoms with Crippen LogP contribution in [0.25, 0.3) is 0 Å². The molecule has 348 valence electrons. The second-order valence-corrected chi connectivity index (χ2v) is 15.4. The van der Waals surface area contributed by atoms with Crippen molar-refractivity contribution >= 4 is 41.6 Å². The lowest BCUT2D eigenvalue weighted by Gasteiger charge is -2.51. The van der Waals surface area contributed by atoms with Gasteiger partial charge in [0, 0.05) is 27.7 Å². The molecule has 65 heavy (non-hydrogen) atoms. The van der Waals surface area contributed by atoms with Crippen LogP contribution in [0.3, 0.4) is 0 Å². The topological polar surface area (TPSA) is 227 Å². The summed E-state index contributed by atoms with van der Waals surface area (Å²) in [6, 6.07) is 21.3. The highest BCUT2D eigenvalue weighted by molar-refractivity contribution is 6.21. The van der Waals surface area contributed by atoms with Crippen LogP contribution in [-0.4, -0.2) is 134 Å². The number of carbonyl (C=O) groups is 7. The Labute approximate surface area is 374 Å². The third kappa shape index (κ3) is 12.0. The highest BCUT2D eigenvalue weighted by Crippen LogP contribution is 2.38. The molecule has 0 saturated carbocycles. The normalized spacial score (nSPS) is 26.6. The summed E-state index contributed by atoms with van der Waals surface area (Å²) in [6.07, 6.45) is -13.3. The molecular weight excluding hydrogens is 853 g/mol. The second kappa shape index (κ2) is 22.2. The summed E-state index contributed by atoms with van der Waals surface area (Å²) in [5.74, 6) is -5.54. The van der Waals surface area contributed by atoms with Crippen LogP contribution in [0.2, 0.25) is 0 Å². The number of hydrogen-bond acceptors (Lipinski definition) is 17. The van der Waals surface area contributed by atoms with Gasteiger partial charge in [0.05, 0.1) is 38.1 Å². The van der Waals surface area contributed by atoms with Gasteiger partial charge in [-0.1, -0.05) is 72.8 Å². The zero-order valence-electron chi connectivity index (χ0n) is 36.6. The summed E-state index contributed by atoms with van der Waals surface area (Å²) in [4.78, 5) is 93.5. The molecule has 0 unspecified atom stereocenters. The van der Waals surface area contributed by atoms with Gasteiger partial charge in [-0.3, -0.25) is 33.7 Å². The van der Waals surface area contributed by atoms with Crippen molar-refractivity contribution in [2.45, 2.75) is 115 Å². The number of carbonyl (C=O) groups excluding carboxylic acids is 7. The SMILES string of the molecule is COC(=O)[C@H](C)O[C@@H]1[C@@H](NC(C)=O)[C@@H](OCc2ccccc2)O[C@H](COCc2ccccc2)[C@H]1O[C@@H]1O[C@H](COC(C)=O)[C@@H](OC(C)=O)[C@H](OC(C)=O)[C@H]1N1C(=O)c2ccccc2C1=O. The van der Waals surface area contributed by atoms with Crippen LogP contribution in [0.5, 0.6) is 0 Å². The Morgan fingerprint density at radius 3 is 1.75 bits per heavy atom. The maximum atomic E-state index is 14.4. The Morgan fingerprint density at radius 1 is 0.662 bits per heavy atom. The fourth-order valence-corrected chi connectivity index (χ4v) is 7.87. The standard InChI is InChI=1S/C46H52N2O17/c1-25(44(55)56-6)60-40-36(47-26(2)49)45(59-22-31-17-11-8-12-18-31)63-34(23-57-21-30-15-9-7-10-16-30)38(40)65-46-37(48-42(53)32-19-13-14-20-33(32)43(48)54)41(62-29(5)52)39(61-28(4)51)35(64-46)24-58-27(3)50/h7-20,25,34-41,45-46H,21-24H2,1-6H3,(H,47,49)/t25-,34+,35+,36+,37+,38+,39+,40+,41+,45-,46-/m0/s1. The zero-order chi connectivity index (χ0) is 46.8. The predicted octanol–water partition coefficient (Wildman–Crippen LogP) is 2.80. The first-order valence-electron chi connectivity index (χ1n) is 20.9. The number of methoxy groups -OCH3 is 1. The maximum Gasteiger partial charge on any atom is 0.334 e. The lowest BCUT2D eigenvalue weighted by Crippen LogP contribution is -2.71. The van der Waals surface area contributed by atoms with Gasteiger partial charge in [-0.15, -0.1) is 0 Å². The molecule has 0 spiro atoms. The Bertz CT molecular complexity index is 2140. The Kier molecular flexibility index (Phi) is 16.5. The van der Waals surface area contributed by atoms with E-state index in [0.29, 0.717) is 0 Å². The third-order valence-electron chi connectivity index (χ3n) is 10.6. The van der Waals surface area contributed by atoms with Crippen LogP contribution in [-0.2, 0) is 84.6 Å². The molecule has 3 aliphatic heterocycles. The van der Waals surface area contributed by atoms with Crippen LogP contribution < -0.4 is 5.32 Å². The zero-order valence-corrected chi connectivity index (χ0v) is 36.6. The molecule has 2 saturated heterocycles. The van der Waals surface area contributed by atoms with Gasteiger partial charge >= 0.3 is 23.9 Å². The molecule has 6 rings (SSSR count). The summed E-state index contributed by atoms with van der Waals surface area (Å²) in [5.41, 5.74) is 1.57. The van der Waals surface area contributed by atoms with Crippen molar-refractivity contribution in [3.05, 3.63) is 107 Å². The van der Waals surface area contributed by atoms with E-state index in [1.807, 2.05) is 60.7 Å². The Hall–Kier alpha value is -6.09. The number of nitrogens with one attached hydrogen (secondary N) is 1. The van der Waals surface area contributed by atoms with Crippen molar-refractivity contribution in [1.82, 2.24) is 10.2 Å². The van der Waals surface area contributed by atoms with E-state index in [9.17, 15) is 33.6 Å². The van der Waals surface area contributed by atoms with E-state index >= 15 is 0 Å². The number of benzene rings is 3. The van der Waals surface area contributed by atoms with Gasteiger partial charge in [-0.2, -0.15) is 0 Å². The molecule has 3 aromatic rings. The summed E-state index contributed by atoms with van der Waals surface area (Å²) >= 11 is 0. The number of imide groups is 1. The lowest BCUT2D eigenvalue weighted by molar-refractivity contribution is -0.345. The van der Waals surface area contributed by atoms with Gasteiger partial charge in [0.15, 0.2) is 30.9 Å². The van der Waals surface area contributed by atoms with Crippen LogP contribution in [0.15, 0.2) is 84.9 Å². The van der Waals surface area contributed by atoms with E-state index in [2.05, 4.69) is 5.32 Å². The van der Waals surface area contributed by atoms with Gasteiger partial charge in [0.2, 0.25) is 5.91 Å². The van der Waals surface area contributed by atoms with E-state index in [0.717, 1.165) is 43.9 Å². The molecule has 3 heterocycles. The van der Waals surface area contributed by atoms with Crippen molar-refractivity contribution in [2.75, 3.05) is 20.3 Å². The molecule has 11 atom stereocenters. The van der Waals surface area contributed by atoms with Crippen molar-refractivity contribution < 1.29 is 80.9 Å². The van der Waals surface area contributed by atoms with Crippen molar-refractivity contribution in [3.8, 4) is 0 Å². The fraction of sp³-hybridized carbons (Fsp3) is 0.457. The average Bonchev–Trinajstić information content (AvgIpc) is 3.52. The van der Waals surface area contributed by atoms with E-state index in [1.54, 1.807) is 12.1 Å². The van der Waals surface area contributed by atoms with Crippen LogP contribution in [0.1, 0.15) is 66.5 Å². The fourth-order valence-electron chi connectivity index (χ4n) is 7.87. The van der Waals surface area contributed by atoms with Crippen LogP contribution >= 0.6 is 0 Å². The third-order valence-corrected chi connectivity index (χ3v) is 10.6. The van der Waals surface area contributed by atoms with E-state index in [1.165, 1.54) is 26.0 Å². The minimum absolute atomic E-state index is 0.00301. The summed E-state index contributed by atoms with van der Waals surface area (Å²) in [6.45, 7) is 5.18.